The van der Waals surface area contributed by atoms with Crippen molar-refractivity contribution in [3.8, 4) is 0 Å². The lowest BCUT2D eigenvalue weighted by Crippen LogP contribution is -2.41. The Labute approximate surface area is 109 Å². The molecular weight excluding hydrogens is 242 g/mol. The van der Waals surface area contributed by atoms with Gasteiger partial charge in [0.15, 0.2) is 0 Å². The van der Waals surface area contributed by atoms with Gasteiger partial charge in [-0.05, 0) is 6.92 Å². The first-order valence-corrected chi connectivity index (χ1v) is 5.55. The summed E-state index contributed by atoms with van der Waals surface area (Å²) >= 11 is 0. The molecule has 6 heteroatoms. The standard InChI is InChI=1S/C11H23N3O2.ClH/c1-8(7-12)14-9(15)5-6-13-10(16)11(2,3)4;/h8H,5-7,12H2,1-4H3,(H,13,16)(H,14,15);1H/t8-;/m0./s1. The van der Waals surface area contributed by atoms with Crippen LogP contribution in [-0.4, -0.2) is 30.9 Å². The number of hydrogen-bond acceptors (Lipinski definition) is 3. The van der Waals surface area contributed by atoms with Crippen molar-refractivity contribution in [2.45, 2.75) is 40.2 Å². The number of amides is 2. The first-order valence-electron chi connectivity index (χ1n) is 5.55. The zero-order chi connectivity index (χ0) is 12.8. The van der Waals surface area contributed by atoms with Gasteiger partial charge in [0.05, 0.1) is 0 Å². The summed E-state index contributed by atoms with van der Waals surface area (Å²) in [7, 11) is 0. The van der Waals surface area contributed by atoms with Crippen LogP contribution in [0.4, 0.5) is 0 Å². The van der Waals surface area contributed by atoms with Gasteiger partial charge >= 0.3 is 0 Å². The van der Waals surface area contributed by atoms with Gasteiger partial charge in [-0.25, -0.2) is 0 Å². The SMILES string of the molecule is C[C@@H](CN)NC(=O)CCNC(=O)C(C)(C)C.Cl. The van der Waals surface area contributed by atoms with Crippen LogP contribution in [0.25, 0.3) is 0 Å². The average molecular weight is 266 g/mol. The molecule has 1 atom stereocenters. The van der Waals surface area contributed by atoms with Crippen LogP contribution >= 0.6 is 12.4 Å². The summed E-state index contributed by atoms with van der Waals surface area (Å²) in [6, 6.07) is -0.0224. The van der Waals surface area contributed by atoms with Crippen LogP contribution in [0.15, 0.2) is 0 Å². The highest BCUT2D eigenvalue weighted by Gasteiger charge is 2.20. The van der Waals surface area contributed by atoms with Crippen molar-refractivity contribution in [2.24, 2.45) is 11.1 Å². The lowest BCUT2D eigenvalue weighted by atomic mass is 9.96. The molecule has 2 amide bonds. The summed E-state index contributed by atoms with van der Waals surface area (Å²) in [5.41, 5.74) is 4.95. The van der Waals surface area contributed by atoms with E-state index in [0.717, 1.165) is 0 Å². The van der Waals surface area contributed by atoms with Crippen LogP contribution in [0.1, 0.15) is 34.1 Å². The number of nitrogens with one attached hydrogen (secondary N) is 2. The molecule has 0 saturated heterocycles. The molecule has 102 valence electrons. The molecule has 0 rings (SSSR count). The number of rotatable bonds is 5. The molecule has 0 unspecified atom stereocenters. The Balaban J connectivity index is 0. The van der Waals surface area contributed by atoms with Crippen molar-refractivity contribution in [2.75, 3.05) is 13.1 Å². The highest BCUT2D eigenvalue weighted by atomic mass is 35.5. The molecule has 0 aliphatic heterocycles. The zero-order valence-electron chi connectivity index (χ0n) is 11.0. The second-order valence-electron chi connectivity index (χ2n) is 4.96. The van der Waals surface area contributed by atoms with Crippen LogP contribution in [-0.2, 0) is 9.59 Å². The fraction of sp³-hybridized carbons (Fsp3) is 0.818. The first-order chi connectivity index (χ1) is 7.27. The molecule has 0 aromatic heterocycles. The number of hydrogen-bond donors (Lipinski definition) is 3. The van der Waals surface area contributed by atoms with E-state index in [1.807, 2.05) is 27.7 Å². The number of nitrogens with two attached hydrogens (primary N) is 1. The fourth-order valence-electron chi connectivity index (χ4n) is 0.961. The summed E-state index contributed by atoms with van der Waals surface area (Å²) < 4.78 is 0. The molecule has 17 heavy (non-hydrogen) atoms. The van der Waals surface area contributed by atoms with Crippen LogP contribution in [0.3, 0.4) is 0 Å². The Morgan fingerprint density at radius 1 is 1.29 bits per heavy atom. The largest absolute Gasteiger partial charge is 0.355 e. The third-order valence-electron chi connectivity index (χ3n) is 2.08. The van der Waals surface area contributed by atoms with Crippen molar-refractivity contribution in [3.63, 3.8) is 0 Å². The summed E-state index contributed by atoms with van der Waals surface area (Å²) in [5, 5.41) is 5.44. The van der Waals surface area contributed by atoms with Gasteiger partial charge in [-0.1, -0.05) is 20.8 Å². The average Bonchev–Trinajstić information content (AvgIpc) is 2.15. The zero-order valence-corrected chi connectivity index (χ0v) is 11.8. The Morgan fingerprint density at radius 3 is 2.24 bits per heavy atom. The second-order valence-corrected chi connectivity index (χ2v) is 4.96. The van der Waals surface area contributed by atoms with Gasteiger partial charge in [0.2, 0.25) is 11.8 Å². The van der Waals surface area contributed by atoms with Crippen molar-refractivity contribution < 1.29 is 9.59 Å². The molecule has 0 fully saturated rings. The van der Waals surface area contributed by atoms with Crippen molar-refractivity contribution >= 4 is 24.2 Å². The van der Waals surface area contributed by atoms with E-state index in [2.05, 4.69) is 10.6 Å². The van der Waals surface area contributed by atoms with Crippen LogP contribution in [0.2, 0.25) is 0 Å². The van der Waals surface area contributed by atoms with Gasteiger partial charge in [0, 0.05) is 31.0 Å². The third kappa shape index (κ3) is 8.94. The van der Waals surface area contributed by atoms with E-state index in [0.29, 0.717) is 13.1 Å². The minimum Gasteiger partial charge on any atom is -0.355 e. The molecule has 0 aliphatic rings. The Morgan fingerprint density at radius 2 is 1.82 bits per heavy atom. The van der Waals surface area contributed by atoms with Crippen molar-refractivity contribution in [3.05, 3.63) is 0 Å². The highest BCUT2D eigenvalue weighted by molar-refractivity contribution is 5.85. The molecule has 0 saturated carbocycles. The molecule has 0 radical (unpaired) electrons. The van der Waals surface area contributed by atoms with Gasteiger partial charge in [-0.2, -0.15) is 0 Å². The topological polar surface area (TPSA) is 84.2 Å². The fourth-order valence-corrected chi connectivity index (χ4v) is 0.961. The predicted molar refractivity (Wildman–Crippen MR) is 71.0 cm³/mol. The number of halogens is 1. The van der Waals surface area contributed by atoms with Crippen LogP contribution < -0.4 is 16.4 Å². The second kappa shape index (κ2) is 8.31. The lowest BCUT2D eigenvalue weighted by Gasteiger charge is -2.17. The molecule has 0 aromatic rings. The molecular formula is C11H24ClN3O2. The van der Waals surface area contributed by atoms with E-state index in [1.165, 1.54) is 0 Å². The molecule has 0 heterocycles. The summed E-state index contributed by atoms with van der Waals surface area (Å²) in [4.78, 5) is 22.8. The van der Waals surface area contributed by atoms with Crippen LogP contribution in [0.5, 0.6) is 0 Å². The van der Waals surface area contributed by atoms with Crippen molar-refractivity contribution in [1.82, 2.24) is 10.6 Å². The van der Waals surface area contributed by atoms with Crippen molar-refractivity contribution in [1.29, 1.82) is 0 Å². The van der Waals surface area contributed by atoms with Gasteiger partial charge in [-0.15, -0.1) is 12.4 Å². The van der Waals surface area contributed by atoms with E-state index < -0.39 is 5.41 Å². The Hall–Kier alpha value is -0.810. The normalized spacial score (nSPS) is 12.3. The number of carbonyl (C=O) groups excluding carboxylic acids is 2. The third-order valence-corrected chi connectivity index (χ3v) is 2.08. The summed E-state index contributed by atoms with van der Waals surface area (Å²) in [6.07, 6.45) is 0.284. The Bertz CT molecular complexity index is 252. The van der Waals surface area contributed by atoms with Gasteiger partial charge in [0.25, 0.3) is 0 Å². The summed E-state index contributed by atoms with van der Waals surface area (Å²) in [6.45, 7) is 8.11. The summed E-state index contributed by atoms with van der Waals surface area (Å²) in [5.74, 6) is -0.140. The monoisotopic (exact) mass is 265 g/mol. The van der Waals surface area contributed by atoms with E-state index in [4.69, 9.17) is 5.73 Å². The van der Waals surface area contributed by atoms with Crippen LogP contribution in [0, 0.1) is 5.41 Å². The molecule has 0 bridgehead atoms. The molecule has 0 aliphatic carbocycles. The van der Waals surface area contributed by atoms with Gasteiger partial charge < -0.3 is 16.4 Å². The Kier molecular flexibility index (Phi) is 9.06. The van der Waals surface area contributed by atoms with E-state index in [9.17, 15) is 9.59 Å². The predicted octanol–water partition coefficient (Wildman–Crippen LogP) is 0.424. The maximum Gasteiger partial charge on any atom is 0.225 e. The first kappa shape index (κ1) is 18.6. The minimum absolute atomic E-state index is 0. The van der Waals surface area contributed by atoms with Gasteiger partial charge in [-0.3, -0.25) is 9.59 Å². The van der Waals surface area contributed by atoms with E-state index in [-0.39, 0.29) is 36.7 Å². The molecule has 5 nitrogen and oxygen atoms in total. The lowest BCUT2D eigenvalue weighted by molar-refractivity contribution is -0.128. The smallest absolute Gasteiger partial charge is 0.225 e. The maximum atomic E-state index is 11.5. The quantitative estimate of drug-likeness (QED) is 0.674. The molecule has 4 N–H and O–H groups in total. The number of carbonyl (C=O) groups is 2. The molecule has 0 aromatic carbocycles. The van der Waals surface area contributed by atoms with E-state index >= 15 is 0 Å². The van der Waals surface area contributed by atoms with E-state index in [1.54, 1.807) is 0 Å². The highest BCUT2D eigenvalue weighted by Crippen LogP contribution is 2.11. The maximum absolute atomic E-state index is 11.5. The van der Waals surface area contributed by atoms with Gasteiger partial charge in [0.1, 0.15) is 0 Å². The minimum atomic E-state index is -0.416. The molecule has 0 spiro atoms.